The topological polar surface area (TPSA) is 63.6 Å². The molecule has 0 saturated carbocycles. The molecule has 1 atom stereocenters. The smallest absolute Gasteiger partial charge is 0.338 e. The van der Waals surface area contributed by atoms with E-state index in [-0.39, 0.29) is 12.4 Å². The molecular formula is C9H10O4S. The summed E-state index contributed by atoms with van der Waals surface area (Å²) in [5.41, 5.74) is 0.441. The summed E-state index contributed by atoms with van der Waals surface area (Å²) in [6.45, 7) is -0.0448. The zero-order valence-corrected chi connectivity index (χ0v) is 8.20. The van der Waals surface area contributed by atoms with Gasteiger partial charge in [-0.3, -0.25) is 0 Å². The van der Waals surface area contributed by atoms with Gasteiger partial charge in [0, 0.05) is 0 Å². The molecular weight excluding hydrogens is 204 g/mol. The lowest BCUT2D eigenvalue weighted by Gasteiger charge is -2.02. The van der Waals surface area contributed by atoms with Crippen LogP contribution in [0.4, 0.5) is 0 Å². The number of ether oxygens (including phenoxy) is 1. The van der Waals surface area contributed by atoms with E-state index in [1.165, 1.54) is 0 Å². The number of hydrogen-bond acceptors (Lipinski definition) is 3. The molecule has 0 amide bonds. The van der Waals surface area contributed by atoms with Crippen LogP contribution in [0.1, 0.15) is 10.4 Å². The molecule has 1 rings (SSSR count). The van der Waals surface area contributed by atoms with E-state index in [1.807, 2.05) is 0 Å². The molecule has 0 aliphatic carbocycles. The van der Waals surface area contributed by atoms with E-state index in [1.54, 1.807) is 30.3 Å². The zero-order chi connectivity index (χ0) is 10.4. The molecule has 0 spiro atoms. The van der Waals surface area contributed by atoms with Crippen LogP contribution in [0.5, 0.6) is 0 Å². The quantitative estimate of drug-likeness (QED) is 0.601. The number of hydrogen-bond donors (Lipinski definition) is 1. The number of carbonyl (C=O) groups is 1. The Kier molecular flexibility index (Phi) is 4.28. The highest BCUT2D eigenvalue weighted by Crippen LogP contribution is 2.00. The van der Waals surface area contributed by atoms with Gasteiger partial charge >= 0.3 is 5.97 Å². The van der Waals surface area contributed by atoms with Gasteiger partial charge in [-0.05, 0) is 12.1 Å². The van der Waals surface area contributed by atoms with Gasteiger partial charge in [0.2, 0.25) is 0 Å². The second-order valence-electron chi connectivity index (χ2n) is 2.53. The van der Waals surface area contributed by atoms with Crippen molar-refractivity contribution in [2.24, 2.45) is 0 Å². The summed E-state index contributed by atoms with van der Waals surface area (Å²) in [4.78, 5) is 11.2. The average molecular weight is 214 g/mol. The number of carbonyl (C=O) groups excluding carboxylic acids is 1. The fourth-order valence-electron chi connectivity index (χ4n) is 0.863. The Morgan fingerprint density at radius 1 is 1.36 bits per heavy atom. The second kappa shape index (κ2) is 5.51. The number of rotatable bonds is 4. The average Bonchev–Trinajstić information content (AvgIpc) is 2.18. The maximum atomic E-state index is 11.2. The minimum absolute atomic E-state index is 0.0448. The third kappa shape index (κ3) is 3.68. The van der Waals surface area contributed by atoms with Crippen molar-refractivity contribution in [1.82, 2.24) is 0 Å². The molecule has 0 heterocycles. The van der Waals surface area contributed by atoms with Crippen molar-refractivity contribution in [2.45, 2.75) is 0 Å². The van der Waals surface area contributed by atoms with Gasteiger partial charge in [-0.1, -0.05) is 18.2 Å². The monoisotopic (exact) mass is 214 g/mol. The maximum absolute atomic E-state index is 11.2. The van der Waals surface area contributed by atoms with Gasteiger partial charge in [-0.25, -0.2) is 9.00 Å². The van der Waals surface area contributed by atoms with Gasteiger partial charge in [0.05, 0.1) is 11.3 Å². The molecule has 1 aromatic rings. The lowest BCUT2D eigenvalue weighted by atomic mass is 10.2. The van der Waals surface area contributed by atoms with Crippen LogP contribution in [0.2, 0.25) is 0 Å². The van der Waals surface area contributed by atoms with Gasteiger partial charge in [0.25, 0.3) is 0 Å². The van der Waals surface area contributed by atoms with E-state index in [2.05, 4.69) is 0 Å². The predicted octanol–water partition coefficient (Wildman–Crippen LogP) is 1.07. The van der Waals surface area contributed by atoms with Crippen LogP contribution < -0.4 is 0 Å². The summed E-state index contributed by atoms with van der Waals surface area (Å²) in [5, 5.41) is 0. The molecule has 76 valence electrons. The van der Waals surface area contributed by atoms with Crippen LogP contribution in [0.25, 0.3) is 0 Å². The zero-order valence-electron chi connectivity index (χ0n) is 7.38. The maximum Gasteiger partial charge on any atom is 0.338 e. The molecule has 0 aliphatic rings. The Morgan fingerprint density at radius 2 is 2.00 bits per heavy atom. The van der Waals surface area contributed by atoms with Crippen LogP contribution in [-0.4, -0.2) is 27.1 Å². The third-order valence-corrected chi connectivity index (χ3v) is 2.02. The van der Waals surface area contributed by atoms with Crippen molar-refractivity contribution in [1.29, 1.82) is 0 Å². The normalized spacial score (nSPS) is 12.1. The number of esters is 1. The van der Waals surface area contributed by atoms with E-state index < -0.39 is 17.0 Å². The van der Waals surface area contributed by atoms with Crippen molar-refractivity contribution in [3.8, 4) is 0 Å². The summed E-state index contributed by atoms with van der Waals surface area (Å²) in [6, 6.07) is 8.48. The second-order valence-corrected chi connectivity index (χ2v) is 3.58. The fourth-order valence-corrected chi connectivity index (χ4v) is 1.09. The van der Waals surface area contributed by atoms with Crippen LogP contribution in [0.15, 0.2) is 30.3 Å². The molecule has 0 aromatic heterocycles. The first kappa shape index (κ1) is 10.9. The highest BCUT2D eigenvalue weighted by Gasteiger charge is 2.05. The summed E-state index contributed by atoms with van der Waals surface area (Å²) in [5.74, 6) is -0.533. The Labute approximate surface area is 84.2 Å². The summed E-state index contributed by atoms with van der Waals surface area (Å²) >= 11 is -1.92. The molecule has 0 radical (unpaired) electrons. The molecule has 1 aromatic carbocycles. The minimum atomic E-state index is -1.92. The van der Waals surface area contributed by atoms with Crippen molar-refractivity contribution >= 4 is 17.0 Å². The van der Waals surface area contributed by atoms with Crippen molar-refractivity contribution in [3.63, 3.8) is 0 Å². The summed E-state index contributed by atoms with van der Waals surface area (Å²) in [6.07, 6.45) is 0. The van der Waals surface area contributed by atoms with E-state index in [0.717, 1.165) is 0 Å². The van der Waals surface area contributed by atoms with Crippen molar-refractivity contribution < 1.29 is 18.3 Å². The lowest BCUT2D eigenvalue weighted by Crippen LogP contribution is -2.11. The van der Waals surface area contributed by atoms with Crippen LogP contribution in [-0.2, 0) is 15.8 Å². The summed E-state index contributed by atoms with van der Waals surface area (Å²) < 4.78 is 23.4. The standard InChI is InChI=1S/C9H10O4S/c10-9(13-6-7-14(11)12)8-4-2-1-3-5-8/h1-5H,6-7H2,(H,11,12). The Bertz CT molecular complexity index is 323. The minimum Gasteiger partial charge on any atom is -0.461 e. The van der Waals surface area contributed by atoms with Gasteiger partial charge in [0.15, 0.2) is 11.1 Å². The fraction of sp³-hybridized carbons (Fsp3) is 0.222. The van der Waals surface area contributed by atoms with Gasteiger partial charge in [-0.15, -0.1) is 0 Å². The van der Waals surface area contributed by atoms with Gasteiger partial charge in [0.1, 0.15) is 6.61 Å². The van der Waals surface area contributed by atoms with Crippen LogP contribution in [0, 0.1) is 0 Å². The Balaban J connectivity index is 2.40. The van der Waals surface area contributed by atoms with Crippen LogP contribution >= 0.6 is 0 Å². The van der Waals surface area contributed by atoms with E-state index >= 15 is 0 Å². The molecule has 0 aliphatic heterocycles. The summed E-state index contributed by atoms with van der Waals surface area (Å²) in [7, 11) is 0. The Morgan fingerprint density at radius 3 is 2.57 bits per heavy atom. The van der Waals surface area contributed by atoms with Crippen molar-refractivity contribution in [2.75, 3.05) is 12.4 Å². The highest BCUT2D eigenvalue weighted by atomic mass is 32.2. The third-order valence-electron chi connectivity index (χ3n) is 1.50. The first-order chi connectivity index (χ1) is 6.70. The molecule has 1 unspecified atom stereocenters. The Hall–Kier alpha value is -1.20. The van der Waals surface area contributed by atoms with E-state index in [4.69, 9.17) is 9.29 Å². The highest BCUT2D eigenvalue weighted by molar-refractivity contribution is 7.79. The molecule has 5 heteroatoms. The molecule has 0 bridgehead atoms. The predicted molar refractivity (Wildman–Crippen MR) is 52.4 cm³/mol. The van der Waals surface area contributed by atoms with Crippen molar-refractivity contribution in [3.05, 3.63) is 35.9 Å². The largest absolute Gasteiger partial charge is 0.461 e. The van der Waals surface area contributed by atoms with Gasteiger partial charge in [-0.2, -0.15) is 0 Å². The van der Waals surface area contributed by atoms with Crippen LogP contribution in [0.3, 0.4) is 0 Å². The van der Waals surface area contributed by atoms with E-state index in [9.17, 15) is 9.00 Å². The lowest BCUT2D eigenvalue weighted by molar-refractivity contribution is 0.0529. The molecule has 1 N–H and O–H groups in total. The molecule has 0 saturated heterocycles. The molecule has 0 fully saturated rings. The number of benzene rings is 1. The molecule has 14 heavy (non-hydrogen) atoms. The first-order valence-electron chi connectivity index (χ1n) is 4.00. The van der Waals surface area contributed by atoms with E-state index in [0.29, 0.717) is 5.56 Å². The first-order valence-corrected chi connectivity index (χ1v) is 5.27. The van der Waals surface area contributed by atoms with Gasteiger partial charge < -0.3 is 9.29 Å². The SMILES string of the molecule is O=C(OCCS(=O)O)c1ccccc1. The molecule has 4 nitrogen and oxygen atoms in total.